The third kappa shape index (κ3) is 6.86. The smallest absolute Gasteiger partial charge is 0.550 e. The van der Waals surface area contributed by atoms with Gasteiger partial charge in [0, 0.05) is 24.8 Å². The van der Waals surface area contributed by atoms with Crippen LogP contribution in [-0.4, -0.2) is 28.6 Å². The molecule has 0 atom stereocenters. The zero-order valence-electron chi connectivity index (χ0n) is 7.69. The Labute approximate surface area is 95.0 Å². The van der Waals surface area contributed by atoms with Crippen LogP contribution in [-0.2, 0) is 31.5 Å². The van der Waals surface area contributed by atoms with E-state index in [1.54, 1.807) is 0 Å². The third-order valence-electron chi connectivity index (χ3n) is 1.25. The molecule has 0 aromatic heterocycles. The Morgan fingerprint density at radius 1 is 1.00 bits per heavy atom. The number of aliphatic carboxylic acids is 3. The molecule has 9 heteroatoms. The molecule has 1 radical (unpaired) electrons. The molecule has 0 fully saturated rings. The Morgan fingerprint density at radius 3 is 1.40 bits per heavy atom. The largest absolute Gasteiger partial charge is 2.00 e. The molecule has 0 spiro atoms. The summed E-state index contributed by atoms with van der Waals surface area (Å²) in [4.78, 5) is 30.0. The molecule has 0 bridgehead atoms. The Kier molecular flexibility index (Phi) is 9.30. The molecule has 0 heterocycles. The predicted octanol–water partition coefficient (Wildman–Crippen LogP) is -4.88. The van der Waals surface area contributed by atoms with E-state index in [9.17, 15) is 29.7 Å². The fourth-order valence-corrected chi connectivity index (χ4v) is 0.684. The van der Waals surface area contributed by atoms with Crippen LogP contribution in [0.15, 0.2) is 0 Å². The summed E-state index contributed by atoms with van der Waals surface area (Å²) < 4.78 is 0. The number of carboxylic acid groups (broad SMARTS) is 3. The summed E-state index contributed by atoms with van der Waals surface area (Å²) in [6.45, 7) is 0. The van der Waals surface area contributed by atoms with E-state index in [0.717, 1.165) is 0 Å². The Morgan fingerprint density at radius 2 is 1.27 bits per heavy atom. The van der Waals surface area contributed by atoms with Gasteiger partial charge in [0.1, 0.15) is 5.60 Å². The van der Waals surface area contributed by atoms with Crippen LogP contribution in [0.1, 0.15) is 12.8 Å². The van der Waals surface area contributed by atoms with E-state index in [1.165, 1.54) is 0 Å². The average molecular weight is 262 g/mol. The van der Waals surface area contributed by atoms with Gasteiger partial charge in [-0.05, 0) is 0 Å². The van der Waals surface area contributed by atoms with Crippen molar-refractivity contribution in [3.8, 4) is 0 Å². The number of rotatable bonds is 5. The molecule has 0 rings (SSSR count). The molecule has 5 N–H and O–H groups in total. The number of aliphatic hydroxyl groups is 1. The van der Waals surface area contributed by atoms with Gasteiger partial charge in [-0.15, -0.1) is 0 Å². The van der Waals surface area contributed by atoms with Gasteiger partial charge in [0.15, 0.2) is 0 Å². The maximum absolute atomic E-state index is 10.1. The molecule has 15 heavy (non-hydrogen) atoms. The van der Waals surface area contributed by atoms with Gasteiger partial charge in [-0.1, -0.05) is 0 Å². The molecule has 0 unspecified atom stereocenters. The summed E-state index contributed by atoms with van der Waals surface area (Å²) in [7, 11) is 0. The van der Waals surface area contributed by atoms with E-state index in [1.807, 2.05) is 0 Å². The second kappa shape index (κ2) is 7.18. The maximum atomic E-state index is 10.1. The summed E-state index contributed by atoms with van der Waals surface area (Å²) in [5, 5.41) is 38.9. The van der Waals surface area contributed by atoms with Gasteiger partial charge in [0.05, 0.1) is 5.97 Å². The second-order valence-electron chi connectivity index (χ2n) is 2.42. The van der Waals surface area contributed by atoms with E-state index in [0.29, 0.717) is 0 Å². The van der Waals surface area contributed by atoms with Crippen molar-refractivity contribution in [2.75, 3.05) is 0 Å². The van der Waals surface area contributed by atoms with Crippen LogP contribution >= 0.6 is 0 Å². The summed E-state index contributed by atoms with van der Waals surface area (Å²) in [5.74, 6) is -5.98. The van der Waals surface area contributed by atoms with E-state index < -0.39 is 36.4 Å². The number of hydrogen-bond donors (Lipinski definition) is 2. The monoisotopic (exact) mass is 262 g/mol. The van der Waals surface area contributed by atoms with Crippen molar-refractivity contribution in [2.45, 2.75) is 18.4 Å². The Hall–Kier alpha value is -1.15. The Bertz CT molecular complexity index is 238. The SMILES string of the molecule is O=C([O-])CC(O)(CC(=O)[O-])C(=O)[O-].[Mn+2].[NH4+]. The molecule has 0 saturated heterocycles. The molecule has 0 aliphatic heterocycles. The first kappa shape index (κ1) is 19.4. The van der Waals surface area contributed by atoms with Crippen LogP contribution in [0.5, 0.6) is 0 Å². The van der Waals surface area contributed by atoms with Crippen LogP contribution in [0.4, 0.5) is 0 Å². The van der Waals surface area contributed by atoms with Crippen molar-refractivity contribution in [1.82, 2.24) is 6.15 Å². The molecular formula is C6H9MnNO7. The van der Waals surface area contributed by atoms with Crippen molar-refractivity contribution in [3.63, 3.8) is 0 Å². The quantitative estimate of drug-likeness (QED) is 0.466. The predicted molar refractivity (Wildman–Crippen MR) is 35.2 cm³/mol. The third-order valence-corrected chi connectivity index (χ3v) is 1.25. The van der Waals surface area contributed by atoms with Crippen LogP contribution in [0.3, 0.4) is 0 Å². The van der Waals surface area contributed by atoms with E-state index in [4.69, 9.17) is 5.11 Å². The molecule has 0 aromatic rings. The first-order chi connectivity index (χ1) is 5.78. The minimum atomic E-state index is -2.97. The normalized spacial score (nSPS) is 9.40. The fourth-order valence-electron chi connectivity index (χ4n) is 0.684. The van der Waals surface area contributed by atoms with Gasteiger partial charge < -0.3 is 41.0 Å². The fraction of sp³-hybridized carbons (Fsp3) is 0.500. The Balaban J connectivity index is -0.000000720. The molecular weight excluding hydrogens is 253 g/mol. The molecule has 0 amide bonds. The van der Waals surface area contributed by atoms with Crippen molar-refractivity contribution in [2.24, 2.45) is 0 Å². The standard InChI is InChI=1S/C6H8O7.Mn.H3N/c7-3(8)1-6(13,5(11)12)2-4(9)10;;/h13H,1-2H2,(H,7,8)(H,9,10)(H,11,12);;1H3/q;+2;/p-2. The summed E-state index contributed by atoms with van der Waals surface area (Å²) in [6.07, 6.45) is -2.72. The zero-order valence-corrected chi connectivity index (χ0v) is 8.87. The average Bonchev–Trinajstić information content (AvgIpc) is 1.82. The first-order valence-electron chi connectivity index (χ1n) is 3.11. The van der Waals surface area contributed by atoms with Crippen LogP contribution in [0.2, 0.25) is 0 Å². The van der Waals surface area contributed by atoms with Crippen molar-refractivity contribution >= 4 is 17.9 Å². The van der Waals surface area contributed by atoms with Gasteiger partial charge in [-0.3, -0.25) is 0 Å². The molecule has 0 saturated carbocycles. The number of carboxylic acids is 3. The number of hydrogen-bond acceptors (Lipinski definition) is 7. The van der Waals surface area contributed by atoms with E-state index in [-0.39, 0.29) is 23.2 Å². The number of carbonyl (C=O) groups excluding carboxylic acids is 3. The summed E-state index contributed by atoms with van der Waals surface area (Å²) >= 11 is 0. The van der Waals surface area contributed by atoms with Gasteiger partial charge in [0.2, 0.25) is 0 Å². The van der Waals surface area contributed by atoms with Crippen LogP contribution < -0.4 is 21.5 Å². The number of carbonyl (C=O) groups is 3. The van der Waals surface area contributed by atoms with Gasteiger partial charge in [0.25, 0.3) is 0 Å². The van der Waals surface area contributed by atoms with Crippen molar-refractivity contribution < 1.29 is 51.9 Å². The number of quaternary nitrogens is 1. The minimum Gasteiger partial charge on any atom is -0.550 e. The minimum absolute atomic E-state index is 0. The molecule has 0 aliphatic carbocycles. The zero-order chi connectivity index (χ0) is 10.6. The van der Waals surface area contributed by atoms with Gasteiger partial charge in [-0.2, -0.15) is 0 Å². The summed E-state index contributed by atoms with van der Waals surface area (Å²) in [5.41, 5.74) is -2.97. The van der Waals surface area contributed by atoms with Crippen molar-refractivity contribution in [3.05, 3.63) is 0 Å². The topological polar surface area (TPSA) is 177 Å². The molecule has 8 nitrogen and oxygen atoms in total. The molecule has 0 aliphatic rings. The van der Waals surface area contributed by atoms with E-state index >= 15 is 0 Å². The molecule has 0 aromatic carbocycles. The van der Waals surface area contributed by atoms with Crippen LogP contribution in [0, 0.1) is 0 Å². The van der Waals surface area contributed by atoms with Crippen LogP contribution in [0.25, 0.3) is 0 Å². The second-order valence-corrected chi connectivity index (χ2v) is 2.42. The first-order valence-corrected chi connectivity index (χ1v) is 3.11. The van der Waals surface area contributed by atoms with Crippen molar-refractivity contribution in [1.29, 1.82) is 0 Å². The van der Waals surface area contributed by atoms with Gasteiger partial charge in [-0.25, -0.2) is 0 Å². The molecule has 87 valence electrons. The van der Waals surface area contributed by atoms with E-state index in [2.05, 4.69) is 0 Å². The maximum Gasteiger partial charge on any atom is 2.00 e. The van der Waals surface area contributed by atoms with Gasteiger partial charge >= 0.3 is 17.1 Å². The summed E-state index contributed by atoms with van der Waals surface area (Å²) in [6, 6.07) is 0.